The van der Waals surface area contributed by atoms with Gasteiger partial charge in [-0.25, -0.2) is 9.59 Å². The van der Waals surface area contributed by atoms with E-state index in [0.717, 1.165) is 5.56 Å². The van der Waals surface area contributed by atoms with Crippen LogP contribution in [0.5, 0.6) is 5.75 Å². The quantitative estimate of drug-likeness (QED) is 0.732. The molecule has 1 amide bonds. The van der Waals surface area contributed by atoms with Crippen LogP contribution in [0.15, 0.2) is 18.2 Å². The standard InChI is InChI=1S/C17H23NO6/c1-5-11(3)15(17(22)23-4)18-14(20)9-24-16(21)12-8-10(2)6-7-13(12)19/h6-8,11,15,19H,5,9H2,1-4H3,(H,18,20)/t11-,15+/m0/s1. The molecular formula is C17H23NO6. The van der Waals surface area contributed by atoms with Crippen LogP contribution in [0.4, 0.5) is 0 Å². The minimum absolute atomic E-state index is 0.0192. The Balaban J connectivity index is 2.66. The monoisotopic (exact) mass is 337 g/mol. The van der Waals surface area contributed by atoms with Gasteiger partial charge in [-0.15, -0.1) is 0 Å². The van der Waals surface area contributed by atoms with Crippen molar-refractivity contribution in [3.63, 3.8) is 0 Å². The summed E-state index contributed by atoms with van der Waals surface area (Å²) in [7, 11) is 1.24. The first-order chi connectivity index (χ1) is 11.3. The molecule has 2 atom stereocenters. The van der Waals surface area contributed by atoms with Crippen molar-refractivity contribution >= 4 is 17.8 Å². The van der Waals surface area contributed by atoms with E-state index in [0.29, 0.717) is 6.42 Å². The Kier molecular flexibility index (Phi) is 7.23. The van der Waals surface area contributed by atoms with Crippen molar-refractivity contribution in [3.05, 3.63) is 29.3 Å². The summed E-state index contributed by atoms with van der Waals surface area (Å²) in [5, 5.41) is 12.2. The Labute approximate surface area is 141 Å². The number of nitrogens with one attached hydrogen (secondary N) is 1. The number of aryl methyl sites for hydroxylation is 1. The topological polar surface area (TPSA) is 102 Å². The molecule has 0 radical (unpaired) electrons. The lowest BCUT2D eigenvalue weighted by molar-refractivity contribution is -0.147. The number of aromatic hydroxyl groups is 1. The molecule has 24 heavy (non-hydrogen) atoms. The first-order valence-corrected chi connectivity index (χ1v) is 7.64. The summed E-state index contributed by atoms with van der Waals surface area (Å²) in [4.78, 5) is 35.6. The normalized spacial score (nSPS) is 12.8. The highest BCUT2D eigenvalue weighted by atomic mass is 16.5. The molecule has 0 unspecified atom stereocenters. The molecule has 0 bridgehead atoms. The van der Waals surface area contributed by atoms with E-state index < -0.39 is 30.5 Å². The van der Waals surface area contributed by atoms with Gasteiger partial charge in [-0.05, 0) is 25.0 Å². The number of benzene rings is 1. The third kappa shape index (κ3) is 5.26. The van der Waals surface area contributed by atoms with Crippen LogP contribution in [0.1, 0.15) is 36.2 Å². The minimum atomic E-state index is -0.815. The number of rotatable bonds is 7. The molecular weight excluding hydrogens is 314 g/mol. The fourth-order valence-corrected chi connectivity index (χ4v) is 2.03. The number of hydrogen-bond donors (Lipinski definition) is 2. The van der Waals surface area contributed by atoms with E-state index in [-0.39, 0.29) is 17.2 Å². The zero-order valence-electron chi connectivity index (χ0n) is 14.3. The SMILES string of the molecule is CC[C@H](C)[C@@H](NC(=O)COC(=O)c1cc(C)ccc1O)C(=O)OC. The molecule has 0 fully saturated rings. The van der Waals surface area contributed by atoms with E-state index in [9.17, 15) is 19.5 Å². The van der Waals surface area contributed by atoms with Gasteiger partial charge in [0.1, 0.15) is 17.4 Å². The second kappa shape index (κ2) is 8.90. The third-order valence-electron chi connectivity index (χ3n) is 3.69. The number of carbonyl (C=O) groups excluding carboxylic acids is 3. The van der Waals surface area contributed by atoms with E-state index in [1.807, 2.05) is 6.92 Å². The van der Waals surface area contributed by atoms with Crippen LogP contribution in [0.25, 0.3) is 0 Å². The van der Waals surface area contributed by atoms with Gasteiger partial charge < -0.3 is 19.9 Å². The molecule has 1 aromatic carbocycles. The summed E-state index contributed by atoms with van der Waals surface area (Å²) in [5.74, 6) is -2.34. The van der Waals surface area contributed by atoms with Crippen molar-refractivity contribution in [1.82, 2.24) is 5.32 Å². The van der Waals surface area contributed by atoms with Crippen molar-refractivity contribution in [2.45, 2.75) is 33.2 Å². The molecule has 132 valence electrons. The number of phenols is 1. The van der Waals surface area contributed by atoms with Gasteiger partial charge in [0.2, 0.25) is 0 Å². The molecule has 0 aliphatic heterocycles. The number of amides is 1. The molecule has 1 aromatic rings. The predicted octanol–water partition coefficient (Wildman–Crippen LogP) is 1.56. The average Bonchev–Trinajstić information content (AvgIpc) is 2.58. The van der Waals surface area contributed by atoms with E-state index in [1.54, 1.807) is 19.9 Å². The van der Waals surface area contributed by atoms with Crippen molar-refractivity contribution in [3.8, 4) is 5.75 Å². The second-order valence-corrected chi connectivity index (χ2v) is 5.55. The third-order valence-corrected chi connectivity index (χ3v) is 3.69. The molecule has 0 aromatic heterocycles. The van der Waals surface area contributed by atoms with Gasteiger partial charge in [-0.1, -0.05) is 31.9 Å². The fraction of sp³-hybridized carbons (Fsp3) is 0.471. The number of carbonyl (C=O) groups is 3. The zero-order chi connectivity index (χ0) is 18.3. The maximum Gasteiger partial charge on any atom is 0.342 e. The van der Waals surface area contributed by atoms with Crippen LogP contribution in [0.2, 0.25) is 0 Å². The molecule has 0 aliphatic carbocycles. The molecule has 0 saturated carbocycles. The van der Waals surface area contributed by atoms with Crippen LogP contribution in [-0.4, -0.2) is 42.7 Å². The summed E-state index contributed by atoms with van der Waals surface area (Å²) in [6.07, 6.45) is 0.664. The lowest BCUT2D eigenvalue weighted by Crippen LogP contribution is -2.47. The number of esters is 2. The molecule has 7 heteroatoms. The van der Waals surface area contributed by atoms with Crippen molar-refractivity contribution in [2.75, 3.05) is 13.7 Å². The van der Waals surface area contributed by atoms with Gasteiger partial charge >= 0.3 is 11.9 Å². The molecule has 2 N–H and O–H groups in total. The number of hydrogen-bond acceptors (Lipinski definition) is 6. The van der Waals surface area contributed by atoms with Gasteiger partial charge in [-0.3, -0.25) is 4.79 Å². The summed E-state index contributed by atoms with van der Waals surface area (Å²) in [6, 6.07) is 3.68. The number of methoxy groups -OCH3 is 1. The van der Waals surface area contributed by atoms with Crippen LogP contribution in [0, 0.1) is 12.8 Å². The van der Waals surface area contributed by atoms with Gasteiger partial charge in [0.15, 0.2) is 6.61 Å². The Hall–Kier alpha value is -2.57. The Morgan fingerprint density at radius 1 is 1.29 bits per heavy atom. The Bertz CT molecular complexity index is 613. The van der Waals surface area contributed by atoms with Crippen LogP contribution >= 0.6 is 0 Å². The van der Waals surface area contributed by atoms with Crippen LogP contribution in [-0.2, 0) is 19.1 Å². The van der Waals surface area contributed by atoms with Crippen molar-refractivity contribution < 1.29 is 29.0 Å². The Morgan fingerprint density at radius 3 is 2.54 bits per heavy atom. The van der Waals surface area contributed by atoms with E-state index in [2.05, 4.69) is 10.1 Å². The van der Waals surface area contributed by atoms with Gasteiger partial charge in [0.25, 0.3) is 5.91 Å². The summed E-state index contributed by atoms with van der Waals surface area (Å²) < 4.78 is 9.56. The highest BCUT2D eigenvalue weighted by Crippen LogP contribution is 2.19. The Morgan fingerprint density at radius 2 is 1.96 bits per heavy atom. The molecule has 0 heterocycles. The minimum Gasteiger partial charge on any atom is -0.507 e. The van der Waals surface area contributed by atoms with E-state index in [1.165, 1.54) is 19.2 Å². The zero-order valence-corrected chi connectivity index (χ0v) is 14.3. The van der Waals surface area contributed by atoms with Gasteiger partial charge in [0, 0.05) is 0 Å². The lowest BCUT2D eigenvalue weighted by Gasteiger charge is -2.21. The number of phenolic OH excluding ortho intramolecular Hbond substituents is 1. The maximum atomic E-state index is 11.9. The van der Waals surface area contributed by atoms with Crippen molar-refractivity contribution in [1.29, 1.82) is 0 Å². The molecule has 1 rings (SSSR count). The predicted molar refractivity (Wildman–Crippen MR) is 86.5 cm³/mol. The van der Waals surface area contributed by atoms with Crippen LogP contribution in [0.3, 0.4) is 0 Å². The number of ether oxygens (including phenoxy) is 2. The maximum absolute atomic E-state index is 11.9. The smallest absolute Gasteiger partial charge is 0.342 e. The summed E-state index contributed by atoms with van der Waals surface area (Å²) >= 11 is 0. The van der Waals surface area contributed by atoms with Gasteiger partial charge in [0.05, 0.1) is 7.11 Å². The lowest BCUT2D eigenvalue weighted by atomic mass is 9.99. The average molecular weight is 337 g/mol. The largest absolute Gasteiger partial charge is 0.507 e. The van der Waals surface area contributed by atoms with E-state index >= 15 is 0 Å². The first-order valence-electron chi connectivity index (χ1n) is 7.64. The second-order valence-electron chi connectivity index (χ2n) is 5.55. The molecule has 7 nitrogen and oxygen atoms in total. The summed E-state index contributed by atoms with van der Waals surface area (Å²) in [6.45, 7) is 4.89. The van der Waals surface area contributed by atoms with Crippen molar-refractivity contribution in [2.24, 2.45) is 5.92 Å². The van der Waals surface area contributed by atoms with E-state index in [4.69, 9.17) is 4.74 Å². The molecule has 0 saturated heterocycles. The summed E-state index contributed by atoms with van der Waals surface area (Å²) in [5.41, 5.74) is 0.751. The highest BCUT2D eigenvalue weighted by Gasteiger charge is 2.27. The molecule has 0 spiro atoms. The fourth-order valence-electron chi connectivity index (χ4n) is 2.03. The first kappa shape index (κ1) is 19.5. The molecule has 0 aliphatic rings. The van der Waals surface area contributed by atoms with Gasteiger partial charge in [-0.2, -0.15) is 0 Å². The van der Waals surface area contributed by atoms with Crippen LogP contribution < -0.4 is 5.32 Å². The highest BCUT2D eigenvalue weighted by molar-refractivity contribution is 5.94.